The number of benzene rings is 1. The number of ether oxygens (including phenoxy) is 1. The lowest BCUT2D eigenvalue weighted by atomic mass is 9.90. The molecule has 30 heavy (non-hydrogen) atoms. The molecule has 0 aliphatic heterocycles. The summed E-state index contributed by atoms with van der Waals surface area (Å²) in [6.45, 7) is 10.3. The van der Waals surface area contributed by atoms with E-state index in [1.165, 1.54) is 11.8 Å². The van der Waals surface area contributed by atoms with Gasteiger partial charge in [-0.05, 0) is 50.5 Å². The quantitative estimate of drug-likeness (QED) is 0.566. The maximum atomic E-state index is 12.7. The molecule has 0 saturated heterocycles. The molecule has 1 aromatic heterocycles. The number of methoxy groups -OCH3 is 1. The van der Waals surface area contributed by atoms with Crippen molar-refractivity contribution < 1.29 is 9.53 Å². The van der Waals surface area contributed by atoms with Gasteiger partial charge in [-0.15, -0.1) is 10.2 Å². The molecule has 2 aromatic rings. The van der Waals surface area contributed by atoms with Crippen molar-refractivity contribution in [2.75, 3.05) is 7.11 Å². The highest BCUT2D eigenvalue weighted by Gasteiger charge is 2.32. The Hall–Kier alpha value is -2.53. The number of thioether (sulfide) groups is 1. The first-order chi connectivity index (χ1) is 14.3. The normalized spacial score (nSPS) is 14.1. The predicted molar refractivity (Wildman–Crippen MR) is 119 cm³/mol. The first-order valence-corrected chi connectivity index (χ1v) is 11.1. The van der Waals surface area contributed by atoms with E-state index in [4.69, 9.17) is 4.74 Å². The second-order valence-electron chi connectivity index (χ2n) is 7.76. The van der Waals surface area contributed by atoms with E-state index in [0.717, 1.165) is 36.5 Å². The van der Waals surface area contributed by atoms with Gasteiger partial charge in [-0.3, -0.25) is 4.79 Å². The van der Waals surface area contributed by atoms with Crippen molar-refractivity contribution in [3.05, 3.63) is 24.3 Å². The molecule has 0 aliphatic carbocycles. The molecule has 2 rings (SSSR count). The molecule has 0 saturated carbocycles. The molecular formula is C22H31N5O2S. The summed E-state index contributed by atoms with van der Waals surface area (Å²) in [5.74, 6) is 1.36. The van der Waals surface area contributed by atoms with Crippen LogP contribution in [-0.2, 0) is 11.3 Å². The number of hydrogen-bond acceptors (Lipinski definition) is 6. The lowest BCUT2D eigenvalue weighted by Gasteiger charge is -2.28. The number of nitrogens with one attached hydrogen (secondary N) is 1. The number of nitrogens with zero attached hydrogens (tertiary/aromatic N) is 4. The standard InChI is InChI=1S/C22H31N5O2S/c1-7-8-13-27-19(17-9-11-18(29-6)12-10-17)25-26-21(27)30-16(4)20(28)24-22(5,14-23)15(2)3/h9-12,15-16H,7-8,13H2,1-6H3,(H,24,28). The zero-order valence-electron chi connectivity index (χ0n) is 18.6. The number of carbonyl (C=O) groups excluding carboxylic acids is 1. The van der Waals surface area contributed by atoms with E-state index in [2.05, 4.69) is 33.1 Å². The van der Waals surface area contributed by atoms with Gasteiger partial charge in [0.05, 0.1) is 18.4 Å². The summed E-state index contributed by atoms with van der Waals surface area (Å²) in [6, 6.07) is 9.92. The van der Waals surface area contributed by atoms with Gasteiger partial charge in [-0.1, -0.05) is 39.0 Å². The van der Waals surface area contributed by atoms with Crippen molar-refractivity contribution in [2.45, 2.75) is 70.0 Å². The summed E-state index contributed by atoms with van der Waals surface area (Å²) in [7, 11) is 1.64. The largest absolute Gasteiger partial charge is 0.497 e. The third kappa shape index (κ3) is 5.54. The molecule has 8 heteroatoms. The van der Waals surface area contributed by atoms with Gasteiger partial charge in [0.25, 0.3) is 0 Å². The number of unbranched alkanes of at least 4 members (excludes halogenated alkanes) is 1. The Balaban J connectivity index is 2.25. The Kier molecular flexibility index (Phi) is 8.30. The first kappa shape index (κ1) is 23.7. The molecule has 162 valence electrons. The molecule has 0 radical (unpaired) electrons. The highest BCUT2D eigenvalue weighted by Crippen LogP contribution is 2.29. The van der Waals surface area contributed by atoms with Gasteiger partial charge in [0.1, 0.15) is 11.3 Å². The molecule has 0 spiro atoms. The van der Waals surface area contributed by atoms with E-state index >= 15 is 0 Å². The van der Waals surface area contributed by atoms with Crippen molar-refractivity contribution in [1.29, 1.82) is 5.26 Å². The van der Waals surface area contributed by atoms with Crippen LogP contribution in [0.25, 0.3) is 11.4 Å². The summed E-state index contributed by atoms with van der Waals surface area (Å²) < 4.78 is 7.30. The van der Waals surface area contributed by atoms with Crippen molar-refractivity contribution in [2.24, 2.45) is 5.92 Å². The molecule has 1 aromatic carbocycles. The Bertz CT molecular complexity index is 888. The van der Waals surface area contributed by atoms with Crippen LogP contribution in [0.2, 0.25) is 0 Å². The Labute approximate surface area is 183 Å². The van der Waals surface area contributed by atoms with E-state index in [9.17, 15) is 10.1 Å². The van der Waals surface area contributed by atoms with E-state index in [-0.39, 0.29) is 11.8 Å². The van der Waals surface area contributed by atoms with Crippen LogP contribution >= 0.6 is 11.8 Å². The number of hydrogen-bond donors (Lipinski definition) is 1. The fourth-order valence-corrected chi connectivity index (χ4v) is 3.59. The minimum Gasteiger partial charge on any atom is -0.497 e. The zero-order valence-corrected chi connectivity index (χ0v) is 19.4. The van der Waals surface area contributed by atoms with E-state index in [1.807, 2.05) is 45.0 Å². The van der Waals surface area contributed by atoms with Gasteiger partial charge < -0.3 is 14.6 Å². The molecule has 0 fully saturated rings. The van der Waals surface area contributed by atoms with Crippen LogP contribution in [0.4, 0.5) is 0 Å². The first-order valence-electron chi connectivity index (χ1n) is 10.2. The minimum atomic E-state index is -0.907. The highest BCUT2D eigenvalue weighted by molar-refractivity contribution is 8.00. The smallest absolute Gasteiger partial charge is 0.234 e. The maximum Gasteiger partial charge on any atom is 0.234 e. The van der Waals surface area contributed by atoms with E-state index < -0.39 is 10.8 Å². The Morgan fingerprint density at radius 1 is 1.30 bits per heavy atom. The number of aromatic nitrogens is 3. The van der Waals surface area contributed by atoms with Crippen molar-refractivity contribution >= 4 is 17.7 Å². The summed E-state index contributed by atoms with van der Waals surface area (Å²) in [4.78, 5) is 12.7. The molecule has 1 heterocycles. The van der Waals surface area contributed by atoms with Crippen LogP contribution in [0.5, 0.6) is 5.75 Å². The lowest BCUT2D eigenvalue weighted by Crippen LogP contribution is -2.51. The molecule has 0 bridgehead atoms. The second-order valence-corrected chi connectivity index (χ2v) is 9.07. The van der Waals surface area contributed by atoms with Gasteiger partial charge in [-0.25, -0.2) is 0 Å². The van der Waals surface area contributed by atoms with Gasteiger partial charge in [-0.2, -0.15) is 5.26 Å². The van der Waals surface area contributed by atoms with Crippen LogP contribution in [0.3, 0.4) is 0 Å². The van der Waals surface area contributed by atoms with Crippen LogP contribution in [0, 0.1) is 17.2 Å². The van der Waals surface area contributed by atoms with E-state index in [0.29, 0.717) is 5.16 Å². The SMILES string of the molecule is CCCCn1c(SC(C)C(=O)NC(C)(C#N)C(C)C)nnc1-c1ccc(OC)cc1. The summed E-state index contributed by atoms with van der Waals surface area (Å²) in [5, 5.41) is 21.4. The third-order valence-corrected chi connectivity index (χ3v) is 6.30. The molecule has 1 amide bonds. The number of nitriles is 1. The lowest BCUT2D eigenvalue weighted by molar-refractivity contribution is -0.121. The Morgan fingerprint density at radius 3 is 2.50 bits per heavy atom. The molecule has 1 N–H and O–H groups in total. The van der Waals surface area contributed by atoms with E-state index in [1.54, 1.807) is 14.0 Å². The van der Waals surface area contributed by atoms with Crippen LogP contribution in [0.1, 0.15) is 47.5 Å². The number of carbonyl (C=O) groups is 1. The maximum absolute atomic E-state index is 12.7. The summed E-state index contributed by atoms with van der Waals surface area (Å²) in [6.07, 6.45) is 2.02. The second kappa shape index (κ2) is 10.5. The molecular weight excluding hydrogens is 398 g/mol. The number of rotatable bonds is 10. The fourth-order valence-electron chi connectivity index (χ4n) is 2.72. The zero-order chi connectivity index (χ0) is 22.3. The molecule has 2 unspecified atom stereocenters. The third-order valence-electron chi connectivity index (χ3n) is 5.22. The van der Waals surface area contributed by atoms with Gasteiger partial charge >= 0.3 is 0 Å². The fraction of sp³-hybridized carbons (Fsp3) is 0.545. The van der Waals surface area contributed by atoms with Gasteiger partial charge in [0.2, 0.25) is 5.91 Å². The van der Waals surface area contributed by atoms with Crippen molar-refractivity contribution in [1.82, 2.24) is 20.1 Å². The van der Waals surface area contributed by atoms with Crippen LogP contribution < -0.4 is 10.1 Å². The van der Waals surface area contributed by atoms with Crippen molar-refractivity contribution in [3.8, 4) is 23.2 Å². The van der Waals surface area contributed by atoms with Gasteiger partial charge in [0.15, 0.2) is 11.0 Å². The van der Waals surface area contributed by atoms with Crippen LogP contribution in [0.15, 0.2) is 29.4 Å². The monoisotopic (exact) mass is 429 g/mol. The summed E-state index contributed by atoms with van der Waals surface area (Å²) >= 11 is 1.36. The highest BCUT2D eigenvalue weighted by atomic mass is 32.2. The number of amides is 1. The molecule has 7 nitrogen and oxygen atoms in total. The average molecular weight is 430 g/mol. The predicted octanol–water partition coefficient (Wildman–Crippen LogP) is 4.29. The van der Waals surface area contributed by atoms with Gasteiger partial charge in [0, 0.05) is 12.1 Å². The molecule has 2 atom stereocenters. The van der Waals surface area contributed by atoms with Crippen LogP contribution in [-0.4, -0.2) is 38.6 Å². The minimum absolute atomic E-state index is 0.00136. The van der Waals surface area contributed by atoms with Crippen molar-refractivity contribution in [3.63, 3.8) is 0 Å². The Morgan fingerprint density at radius 2 is 1.97 bits per heavy atom. The average Bonchev–Trinajstić information content (AvgIpc) is 3.14. The summed E-state index contributed by atoms with van der Waals surface area (Å²) in [5.41, 5.74) is 0.0379. The molecule has 0 aliphatic rings. The topological polar surface area (TPSA) is 92.8 Å².